The number of nitrogens with two attached hydrogens (primary N) is 1. The van der Waals surface area contributed by atoms with Crippen LogP contribution >= 0.6 is 12.4 Å². The minimum Gasteiger partial charge on any atom is -0.330 e. The maximum Gasteiger partial charge on any atom is 0.257 e. The SMILES string of the molecule is Cl.NS(=O)(=O)c1ccc(C(=O)N2CC3=C(CNC3)C2)c(F)c1. The van der Waals surface area contributed by atoms with Gasteiger partial charge < -0.3 is 10.2 Å². The van der Waals surface area contributed by atoms with E-state index in [4.69, 9.17) is 5.14 Å². The Balaban J connectivity index is 0.00000176. The molecule has 0 saturated carbocycles. The van der Waals surface area contributed by atoms with Crippen molar-refractivity contribution in [2.45, 2.75) is 4.90 Å². The fourth-order valence-corrected chi connectivity index (χ4v) is 3.15. The minimum atomic E-state index is -3.98. The molecule has 1 aromatic rings. The lowest BCUT2D eigenvalue weighted by Gasteiger charge is -2.18. The van der Waals surface area contributed by atoms with Crippen LogP contribution in [0.4, 0.5) is 4.39 Å². The number of rotatable bonds is 2. The molecule has 0 aromatic heterocycles. The van der Waals surface area contributed by atoms with Gasteiger partial charge in [0, 0.05) is 26.2 Å². The molecule has 1 amide bonds. The average molecular weight is 348 g/mol. The maximum absolute atomic E-state index is 14.0. The molecule has 120 valence electrons. The fraction of sp³-hybridized carbons (Fsp3) is 0.308. The topological polar surface area (TPSA) is 92.5 Å². The van der Waals surface area contributed by atoms with Crippen molar-refractivity contribution in [3.05, 3.63) is 40.7 Å². The van der Waals surface area contributed by atoms with Crippen LogP contribution in [0.2, 0.25) is 0 Å². The lowest BCUT2D eigenvalue weighted by atomic mass is 10.2. The Kier molecular flexibility index (Phi) is 4.57. The summed E-state index contributed by atoms with van der Waals surface area (Å²) >= 11 is 0. The Hall–Kier alpha value is -1.48. The van der Waals surface area contributed by atoms with E-state index in [9.17, 15) is 17.6 Å². The van der Waals surface area contributed by atoms with Crippen molar-refractivity contribution < 1.29 is 17.6 Å². The van der Waals surface area contributed by atoms with Crippen LogP contribution in [-0.4, -0.2) is 45.4 Å². The first-order chi connectivity index (χ1) is 9.86. The van der Waals surface area contributed by atoms with Gasteiger partial charge in [-0.05, 0) is 29.3 Å². The van der Waals surface area contributed by atoms with Crippen molar-refractivity contribution in [2.75, 3.05) is 26.2 Å². The number of halogens is 2. The van der Waals surface area contributed by atoms with E-state index in [1.54, 1.807) is 4.90 Å². The normalized spacial score (nSPS) is 17.5. The summed E-state index contributed by atoms with van der Waals surface area (Å²) in [5.41, 5.74) is 2.20. The molecule has 0 atom stereocenters. The molecule has 0 saturated heterocycles. The van der Waals surface area contributed by atoms with Crippen LogP contribution in [0.15, 0.2) is 34.2 Å². The van der Waals surface area contributed by atoms with Gasteiger partial charge in [0.05, 0.1) is 10.5 Å². The summed E-state index contributed by atoms with van der Waals surface area (Å²) in [6.07, 6.45) is 0. The summed E-state index contributed by atoms with van der Waals surface area (Å²) in [7, 11) is -3.98. The van der Waals surface area contributed by atoms with Crippen molar-refractivity contribution in [1.82, 2.24) is 10.2 Å². The van der Waals surface area contributed by atoms with Gasteiger partial charge in [-0.25, -0.2) is 17.9 Å². The first kappa shape index (κ1) is 16.9. The summed E-state index contributed by atoms with van der Waals surface area (Å²) in [5.74, 6) is -1.32. The molecule has 6 nitrogen and oxygen atoms in total. The van der Waals surface area contributed by atoms with Crippen molar-refractivity contribution in [1.29, 1.82) is 0 Å². The van der Waals surface area contributed by atoms with Crippen molar-refractivity contribution in [2.24, 2.45) is 5.14 Å². The molecule has 0 bridgehead atoms. The number of carbonyl (C=O) groups is 1. The quantitative estimate of drug-likeness (QED) is 0.750. The Labute approximate surface area is 133 Å². The smallest absolute Gasteiger partial charge is 0.257 e. The van der Waals surface area contributed by atoms with Gasteiger partial charge in [-0.2, -0.15) is 0 Å². The Bertz CT molecular complexity index is 748. The van der Waals surface area contributed by atoms with Gasteiger partial charge in [-0.15, -0.1) is 12.4 Å². The van der Waals surface area contributed by atoms with Gasteiger partial charge in [0.25, 0.3) is 5.91 Å². The van der Waals surface area contributed by atoms with Gasteiger partial charge >= 0.3 is 0 Å². The molecular formula is C13H15ClFN3O3S. The number of nitrogens with one attached hydrogen (secondary N) is 1. The highest BCUT2D eigenvalue weighted by Gasteiger charge is 2.30. The first-order valence-electron chi connectivity index (χ1n) is 6.38. The molecule has 9 heteroatoms. The van der Waals surface area contributed by atoms with E-state index in [0.29, 0.717) is 13.1 Å². The van der Waals surface area contributed by atoms with E-state index in [1.807, 2.05) is 0 Å². The second-order valence-electron chi connectivity index (χ2n) is 5.16. The average Bonchev–Trinajstić information content (AvgIpc) is 2.97. The first-order valence-corrected chi connectivity index (χ1v) is 7.93. The summed E-state index contributed by atoms with van der Waals surface area (Å²) in [6, 6.07) is 3.09. The van der Waals surface area contributed by atoms with E-state index in [0.717, 1.165) is 25.2 Å². The summed E-state index contributed by atoms with van der Waals surface area (Å²) in [4.78, 5) is 13.5. The number of nitrogens with zero attached hydrogens (tertiary/aromatic N) is 1. The third-order valence-electron chi connectivity index (χ3n) is 3.73. The largest absolute Gasteiger partial charge is 0.330 e. The highest BCUT2D eigenvalue weighted by Crippen LogP contribution is 2.23. The molecule has 0 spiro atoms. The van der Waals surface area contributed by atoms with E-state index in [1.165, 1.54) is 17.2 Å². The molecule has 0 fully saturated rings. The van der Waals surface area contributed by atoms with Crippen LogP contribution in [0.3, 0.4) is 0 Å². The molecule has 0 unspecified atom stereocenters. The summed E-state index contributed by atoms with van der Waals surface area (Å²) in [6.45, 7) is 2.48. The van der Waals surface area contributed by atoms with Crippen LogP contribution in [0.5, 0.6) is 0 Å². The van der Waals surface area contributed by atoms with E-state index in [-0.39, 0.29) is 22.9 Å². The van der Waals surface area contributed by atoms with Gasteiger partial charge in [0.1, 0.15) is 5.82 Å². The molecule has 2 heterocycles. The molecule has 1 aromatic carbocycles. The summed E-state index contributed by atoms with van der Waals surface area (Å²) in [5, 5.41) is 8.12. The van der Waals surface area contributed by atoms with Gasteiger partial charge in [0.15, 0.2) is 0 Å². The number of hydrogen-bond acceptors (Lipinski definition) is 4. The van der Waals surface area contributed by atoms with Crippen LogP contribution in [0.1, 0.15) is 10.4 Å². The predicted octanol–water partition coefficient (Wildman–Crippen LogP) is 0.250. The number of carbonyl (C=O) groups excluding carboxylic acids is 1. The molecule has 3 N–H and O–H groups in total. The second-order valence-corrected chi connectivity index (χ2v) is 6.72. The highest BCUT2D eigenvalue weighted by atomic mass is 35.5. The number of amides is 1. The third kappa shape index (κ3) is 3.00. The zero-order valence-corrected chi connectivity index (χ0v) is 13.1. The van der Waals surface area contributed by atoms with Gasteiger partial charge in [-0.3, -0.25) is 4.79 Å². The summed E-state index contributed by atoms with van der Waals surface area (Å²) < 4.78 is 36.3. The molecule has 2 aliphatic rings. The Morgan fingerprint density at radius 2 is 1.82 bits per heavy atom. The van der Waals surface area contributed by atoms with Crippen molar-refractivity contribution in [3.8, 4) is 0 Å². The molecular weight excluding hydrogens is 333 g/mol. The number of sulfonamides is 1. The van der Waals surface area contributed by atoms with E-state index < -0.39 is 21.7 Å². The zero-order chi connectivity index (χ0) is 15.2. The fourth-order valence-electron chi connectivity index (χ4n) is 2.63. The van der Waals surface area contributed by atoms with E-state index >= 15 is 0 Å². The number of primary sulfonamides is 1. The van der Waals surface area contributed by atoms with Gasteiger partial charge in [-0.1, -0.05) is 0 Å². The van der Waals surface area contributed by atoms with Crippen molar-refractivity contribution >= 4 is 28.3 Å². The van der Waals surface area contributed by atoms with Crippen molar-refractivity contribution in [3.63, 3.8) is 0 Å². The monoisotopic (exact) mass is 347 g/mol. The van der Waals surface area contributed by atoms with E-state index in [2.05, 4.69) is 5.32 Å². The minimum absolute atomic E-state index is 0. The molecule has 0 radical (unpaired) electrons. The standard InChI is InChI=1S/C13H14FN3O3S.ClH/c14-12-3-10(21(15,19)20)1-2-11(12)13(18)17-6-8-4-16-5-9(8)7-17;/h1-3,16H,4-7H2,(H2,15,19,20);1H. The molecule has 22 heavy (non-hydrogen) atoms. The third-order valence-corrected chi connectivity index (χ3v) is 4.64. The highest BCUT2D eigenvalue weighted by molar-refractivity contribution is 7.89. The lowest BCUT2D eigenvalue weighted by molar-refractivity contribution is 0.0789. The Morgan fingerprint density at radius 3 is 2.32 bits per heavy atom. The lowest BCUT2D eigenvalue weighted by Crippen LogP contribution is -2.33. The Morgan fingerprint density at radius 1 is 1.23 bits per heavy atom. The number of hydrogen-bond donors (Lipinski definition) is 2. The predicted molar refractivity (Wildman–Crippen MR) is 80.8 cm³/mol. The zero-order valence-electron chi connectivity index (χ0n) is 11.5. The van der Waals surface area contributed by atoms with Crippen LogP contribution in [-0.2, 0) is 10.0 Å². The maximum atomic E-state index is 14.0. The molecule has 0 aliphatic carbocycles. The number of benzene rings is 1. The molecule has 3 rings (SSSR count). The second kappa shape index (κ2) is 5.96. The van der Waals surface area contributed by atoms with Crippen LogP contribution in [0.25, 0.3) is 0 Å². The van der Waals surface area contributed by atoms with Gasteiger partial charge in [0.2, 0.25) is 10.0 Å². The molecule has 2 aliphatic heterocycles. The van der Waals surface area contributed by atoms with Crippen LogP contribution in [0, 0.1) is 5.82 Å². The van der Waals surface area contributed by atoms with Crippen LogP contribution < -0.4 is 10.5 Å².